The molecule has 152 valence electrons. The first-order valence-corrected chi connectivity index (χ1v) is 11.1. The Kier molecular flexibility index (Phi) is 5.62. The lowest BCUT2D eigenvalue weighted by molar-refractivity contribution is -0.121. The summed E-state index contributed by atoms with van der Waals surface area (Å²) in [6.07, 6.45) is 10.5. The van der Waals surface area contributed by atoms with E-state index in [2.05, 4.69) is 27.8 Å². The molecule has 5 fully saturated rings. The molecular weight excluding hydrogens is 340 g/mol. The molecule has 5 rings (SSSR count). The second-order valence-electron chi connectivity index (χ2n) is 9.54. The normalized spacial score (nSPS) is 33.9. The molecule has 0 aliphatic heterocycles. The number of nitrogens with one attached hydrogen (secondary N) is 3. The van der Waals surface area contributed by atoms with E-state index in [-0.39, 0.29) is 17.5 Å². The maximum Gasteiger partial charge on any atom is 0.315 e. The molecule has 0 atom stereocenters. The van der Waals surface area contributed by atoms with Gasteiger partial charge in [0, 0.05) is 37.6 Å². The molecule has 4 bridgehead atoms. The summed E-state index contributed by atoms with van der Waals surface area (Å²) in [5.41, 5.74) is 0.0352. The Balaban J connectivity index is 1.11. The third-order valence-corrected chi connectivity index (χ3v) is 7.25. The molecule has 0 radical (unpaired) electrons. The van der Waals surface area contributed by atoms with Crippen molar-refractivity contribution in [3.8, 4) is 0 Å². The first-order valence-electron chi connectivity index (χ1n) is 11.1. The molecule has 0 unspecified atom stereocenters. The van der Waals surface area contributed by atoms with Crippen molar-refractivity contribution >= 4 is 11.9 Å². The van der Waals surface area contributed by atoms with Crippen molar-refractivity contribution in [2.45, 2.75) is 76.3 Å². The number of carbonyl (C=O) groups is 2. The lowest BCUT2D eigenvalue weighted by Gasteiger charge is -2.56. The van der Waals surface area contributed by atoms with Crippen LogP contribution >= 0.6 is 0 Å². The third kappa shape index (κ3) is 4.76. The summed E-state index contributed by atoms with van der Waals surface area (Å²) in [5, 5.41) is 9.18. The van der Waals surface area contributed by atoms with Crippen molar-refractivity contribution in [1.82, 2.24) is 20.9 Å². The minimum Gasteiger partial charge on any atom is -0.355 e. The number of hydrogen-bond donors (Lipinski definition) is 3. The van der Waals surface area contributed by atoms with Gasteiger partial charge in [0.05, 0.1) is 0 Å². The third-order valence-electron chi connectivity index (χ3n) is 7.25. The molecule has 0 spiro atoms. The number of urea groups is 1. The molecule has 6 nitrogen and oxygen atoms in total. The zero-order valence-electron chi connectivity index (χ0n) is 16.8. The molecule has 27 heavy (non-hydrogen) atoms. The number of rotatable bonds is 9. The van der Waals surface area contributed by atoms with Crippen LogP contribution < -0.4 is 16.0 Å². The van der Waals surface area contributed by atoms with Crippen LogP contribution in [0.2, 0.25) is 0 Å². The number of hydrogen-bond acceptors (Lipinski definition) is 3. The van der Waals surface area contributed by atoms with Crippen LogP contribution in [0.15, 0.2) is 0 Å². The second kappa shape index (κ2) is 7.98. The van der Waals surface area contributed by atoms with Crippen molar-refractivity contribution in [2.75, 3.05) is 26.2 Å². The second-order valence-corrected chi connectivity index (χ2v) is 9.54. The Hall–Kier alpha value is -1.30. The Bertz CT molecular complexity index is 525. The summed E-state index contributed by atoms with van der Waals surface area (Å²) in [6, 6.07) is 0.650. The van der Waals surface area contributed by atoms with E-state index in [1.165, 1.54) is 32.1 Å². The number of nitrogens with zero attached hydrogens (tertiary/aromatic N) is 1. The zero-order chi connectivity index (χ0) is 18.9. The highest BCUT2D eigenvalue weighted by Gasteiger charge is 2.51. The summed E-state index contributed by atoms with van der Waals surface area (Å²) >= 11 is 0. The summed E-state index contributed by atoms with van der Waals surface area (Å²) in [6.45, 7) is 5.25. The molecule has 5 aliphatic rings. The van der Waals surface area contributed by atoms with Crippen molar-refractivity contribution in [3.63, 3.8) is 0 Å². The van der Waals surface area contributed by atoms with E-state index < -0.39 is 0 Å². The molecular formula is C21H36N4O2. The monoisotopic (exact) mass is 376 g/mol. The van der Waals surface area contributed by atoms with E-state index in [1.807, 2.05) is 0 Å². The SMILES string of the molecule is CCN(CCNC(=O)CCNC(=O)NC12CC3CC(CC(C3)C1)C2)C1CC1. The highest BCUT2D eigenvalue weighted by atomic mass is 16.2. The van der Waals surface area contributed by atoms with E-state index >= 15 is 0 Å². The van der Waals surface area contributed by atoms with Crippen LogP contribution in [0, 0.1) is 17.8 Å². The Morgan fingerprint density at radius 1 is 0.963 bits per heavy atom. The fraction of sp³-hybridized carbons (Fsp3) is 0.905. The maximum absolute atomic E-state index is 12.4. The van der Waals surface area contributed by atoms with Gasteiger partial charge in [-0.3, -0.25) is 9.69 Å². The Morgan fingerprint density at radius 3 is 2.15 bits per heavy atom. The van der Waals surface area contributed by atoms with Gasteiger partial charge >= 0.3 is 6.03 Å². The number of amides is 3. The van der Waals surface area contributed by atoms with Gasteiger partial charge < -0.3 is 16.0 Å². The lowest BCUT2D eigenvalue weighted by Crippen LogP contribution is -2.61. The topological polar surface area (TPSA) is 73.5 Å². The predicted octanol–water partition coefficient (Wildman–Crippen LogP) is 2.25. The quantitative estimate of drug-likeness (QED) is 0.578. The van der Waals surface area contributed by atoms with Crippen LogP contribution in [0.4, 0.5) is 4.79 Å². The summed E-state index contributed by atoms with van der Waals surface area (Å²) in [7, 11) is 0. The van der Waals surface area contributed by atoms with Crippen LogP contribution in [0.5, 0.6) is 0 Å². The van der Waals surface area contributed by atoms with E-state index in [0.717, 1.165) is 56.1 Å². The van der Waals surface area contributed by atoms with Crippen LogP contribution in [0.25, 0.3) is 0 Å². The molecule has 3 N–H and O–H groups in total. The minimum absolute atomic E-state index is 0.0250. The fourth-order valence-corrected chi connectivity index (χ4v) is 6.30. The molecule has 0 saturated heterocycles. The number of carbonyl (C=O) groups excluding carboxylic acids is 2. The molecule has 5 aliphatic carbocycles. The lowest BCUT2D eigenvalue weighted by atomic mass is 9.53. The predicted molar refractivity (Wildman–Crippen MR) is 105 cm³/mol. The Labute approximate surface area is 163 Å². The van der Waals surface area contributed by atoms with E-state index in [1.54, 1.807) is 0 Å². The Morgan fingerprint density at radius 2 is 1.59 bits per heavy atom. The molecule has 3 amide bonds. The van der Waals surface area contributed by atoms with Gasteiger partial charge in [0.2, 0.25) is 5.91 Å². The zero-order valence-corrected chi connectivity index (χ0v) is 16.8. The van der Waals surface area contributed by atoms with Crippen molar-refractivity contribution in [1.29, 1.82) is 0 Å². The first kappa shape index (κ1) is 19.0. The van der Waals surface area contributed by atoms with Gasteiger partial charge in [-0.05, 0) is 75.7 Å². The molecule has 6 heteroatoms. The van der Waals surface area contributed by atoms with Crippen molar-refractivity contribution < 1.29 is 9.59 Å². The van der Waals surface area contributed by atoms with Gasteiger partial charge in [0.1, 0.15) is 0 Å². The fourth-order valence-electron chi connectivity index (χ4n) is 6.30. The minimum atomic E-state index is -0.0874. The highest BCUT2D eigenvalue weighted by Crippen LogP contribution is 2.55. The number of likely N-dealkylation sites (N-methyl/N-ethyl adjacent to an activating group) is 1. The van der Waals surface area contributed by atoms with E-state index in [0.29, 0.717) is 19.5 Å². The molecule has 0 heterocycles. The van der Waals surface area contributed by atoms with Crippen molar-refractivity contribution in [2.24, 2.45) is 17.8 Å². The van der Waals surface area contributed by atoms with Crippen LogP contribution in [0.3, 0.4) is 0 Å². The molecule has 0 aromatic rings. The van der Waals surface area contributed by atoms with Gasteiger partial charge in [0.15, 0.2) is 0 Å². The van der Waals surface area contributed by atoms with Gasteiger partial charge in [-0.15, -0.1) is 0 Å². The highest BCUT2D eigenvalue weighted by molar-refractivity contribution is 5.78. The average Bonchev–Trinajstić information content (AvgIpc) is 3.42. The van der Waals surface area contributed by atoms with Gasteiger partial charge in [-0.1, -0.05) is 6.92 Å². The molecule has 0 aromatic heterocycles. The largest absolute Gasteiger partial charge is 0.355 e. The van der Waals surface area contributed by atoms with Gasteiger partial charge in [-0.2, -0.15) is 0 Å². The summed E-state index contributed by atoms with van der Waals surface area (Å²) < 4.78 is 0. The average molecular weight is 377 g/mol. The standard InChI is InChI=1S/C21H36N4O2/c1-2-25(18-3-4-18)8-7-22-19(26)5-6-23-20(27)24-21-12-15-9-16(13-21)11-17(10-15)14-21/h15-18H,2-14H2,1H3,(H,22,26)(H2,23,24,27). The first-order chi connectivity index (χ1) is 13.0. The smallest absolute Gasteiger partial charge is 0.315 e. The van der Waals surface area contributed by atoms with Gasteiger partial charge in [0.25, 0.3) is 0 Å². The summed E-state index contributed by atoms with van der Waals surface area (Å²) in [5.74, 6) is 2.49. The summed E-state index contributed by atoms with van der Waals surface area (Å²) in [4.78, 5) is 26.8. The molecule has 5 saturated carbocycles. The van der Waals surface area contributed by atoms with Crippen molar-refractivity contribution in [3.05, 3.63) is 0 Å². The van der Waals surface area contributed by atoms with Crippen LogP contribution in [-0.2, 0) is 4.79 Å². The van der Waals surface area contributed by atoms with Crippen LogP contribution in [0.1, 0.15) is 64.7 Å². The van der Waals surface area contributed by atoms with Crippen LogP contribution in [-0.4, -0.2) is 54.6 Å². The van der Waals surface area contributed by atoms with Gasteiger partial charge in [-0.25, -0.2) is 4.79 Å². The van der Waals surface area contributed by atoms with E-state index in [4.69, 9.17) is 0 Å². The van der Waals surface area contributed by atoms with E-state index in [9.17, 15) is 9.59 Å². The maximum atomic E-state index is 12.4. The molecule has 0 aromatic carbocycles.